The predicted octanol–water partition coefficient (Wildman–Crippen LogP) is 2.59. The van der Waals surface area contributed by atoms with Crippen molar-refractivity contribution < 1.29 is 5.11 Å². The normalized spacial score (nSPS) is 11.6. The third-order valence-electron chi connectivity index (χ3n) is 2.08. The van der Waals surface area contributed by atoms with Gasteiger partial charge in [0.15, 0.2) is 0 Å². The minimum Gasteiger partial charge on any atom is -0.393 e. The largest absolute Gasteiger partial charge is 0.393 e. The molecule has 0 aliphatic rings. The van der Waals surface area contributed by atoms with Crippen molar-refractivity contribution in [1.82, 2.24) is 0 Å². The van der Waals surface area contributed by atoms with Gasteiger partial charge in [0.1, 0.15) is 0 Å². The molecule has 74 valence electrons. The van der Waals surface area contributed by atoms with Crippen LogP contribution in [-0.4, -0.2) is 11.2 Å². The average molecular weight is 188 g/mol. The Morgan fingerprint density at radius 3 is 2.64 bits per heavy atom. The smallest absolute Gasteiger partial charge is 0.0546 e. The number of benzene rings is 1. The van der Waals surface area contributed by atoms with Crippen LogP contribution >= 0.6 is 0 Å². The van der Waals surface area contributed by atoms with Crippen molar-refractivity contribution in [3.05, 3.63) is 35.9 Å². The van der Waals surface area contributed by atoms with E-state index in [2.05, 4.69) is 11.8 Å². The summed E-state index contributed by atoms with van der Waals surface area (Å²) in [5.74, 6) is 6.12. The molecule has 0 bridgehead atoms. The zero-order chi connectivity index (χ0) is 10.2. The summed E-state index contributed by atoms with van der Waals surface area (Å²) >= 11 is 0. The van der Waals surface area contributed by atoms with E-state index in [4.69, 9.17) is 0 Å². The van der Waals surface area contributed by atoms with Crippen molar-refractivity contribution >= 4 is 0 Å². The van der Waals surface area contributed by atoms with Crippen LogP contribution in [0.4, 0.5) is 0 Å². The first-order valence-corrected chi connectivity index (χ1v) is 5.05. The lowest BCUT2D eigenvalue weighted by Gasteiger charge is -2.02. The lowest BCUT2D eigenvalue weighted by atomic mass is 10.1. The monoisotopic (exact) mass is 188 g/mol. The number of hydrogen-bond acceptors (Lipinski definition) is 1. The molecule has 1 aromatic rings. The van der Waals surface area contributed by atoms with E-state index in [1.54, 1.807) is 0 Å². The first-order chi connectivity index (χ1) is 6.83. The van der Waals surface area contributed by atoms with Gasteiger partial charge in [-0.3, -0.25) is 0 Å². The van der Waals surface area contributed by atoms with E-state index in [1.165, 1.54) is 0 Å². The Morgan fingerprint density at radius 1 is 1.29 bits per heavy atom. The molecule has 0 spiro atoms. The van der Waals surface area contributed by atoms with Gasteiger partial charge in [-0.1, -0.05) is 37.0 Å². The van der Waals surface area contributed by atoms with E-state index >= 15 is 0 Å². The van der Waals surface area contributed by atoms with Crippen molar-refractivity contribution in [2.75, 3.05) is 0 Å². The number of aliphatic hydroxyl groups is 1. The molecular formula is C13H16O. The Kier molecular flexibility index (Phi) is 4.82. The molecule has 1 rings (SSSR count). The van der Waals surface area contributed by atoms with Crippen LogP contribution in [0, 0.1) is 11.8 Å². The van der Waals surface area contributed by atoms with Gasteiger partial charge in [0.05, 0.1) is 6.10 Å². The summed E-state index contributed by atoms with van der Waals surface area (Å²) in [5.41, 5.74) is 1.04. The molecular weight excluding hydrogens is 172 g/mol. The highest BCUT2D eigenvalue weighted by molar-refractivity contribution is 5.33. The fourth-order valence-electron chi connectivity index (χ4n) is 1.13. The average Bonchev–Trinajstić information content (AvgIpc) is 2.25. The molecule has 1 N–H and O–H groups in total. The van der Waals surface area contributed by atoms with Crippen LogP contribution < -0.4 is 0 Å². The number of hydrogen-bond donors (Lipinski definition) is 1. The van der Waals surface area contributed by atoms with Gasteiger partial charge in [-0.15, -0.1) is 0 Å². The van der Waals surface area contributed by atoms with Crippen LogP contribution in [0.2, 0.25) is 0 Å². The van der Waals surface area contributed by atoms with Crippen LogP contribution in [0.1, 0.15) is 31.7 Å². The second-order valence-corrected chi connectivity index (χ2v) is 3.27. The standard InChI is InChI=1S/C13H16O/c1-2-13(14)11-7-6-10-12-8-4-3-5-9-12/h3-5,8-9,13-14H,2,7,11H2,1H3. The molecule has 0 heterocycles. The van der Waals surface area contributed by atoms with Crippen LogP contribution in [0.5, 0.6) is 0 Å². The quantitative estimate of drug-likeness (QED) is 0.723. The third kappa shape index (κ3) is 4.11. The fourth-order valence-corrected chi connectivity index (χ4v) is 1.13. The van der Waals surface area contributed by atoms with Gasteiger partial charge in [-0.05, 0) is 25.0 Å². The molecule has 1 unspecified atom stereocenters. The molecule has 0 saturated heterocycles. The summed E-state index contributed by atoms with van der Waals surface area (Å²) in [6.45, 7) is 1.98. The zero-order valence-electron chi connectivity index (χ0n) is 8.53. The Labute approximate surface area is 85.8 Å². The highest BCUT2D eigenvalue weighted by Crippen LogP contribution is 2.00. The third-order valence-corrected chi connectivity index (χ3v) is 2.08. The molecule has 1 nitrogen and oxygen atoms in total. The van der Waals surface area contributed by atoms with Gasteiger partial charge >= 0.3 is 0 Å². The van der Waals surface area contributed by atoms with Crippen LogP contribution in [0.15, 0.2) is 30.3 Å². The van der Waals surface area contributed by atoms with Gasteiger partial charge in [0, 0.05) is 12.0 Å². The first kappa shape index (κ1) is 10.8. The molecule has 0 aliphatic heterocycles. The maximum absolute atomic E-state index is 9.29. The summed E-state index contributed by atoms with van der Waals surface area (Å²) in [7, 11) is 0. The van der Waals surface area contributed by atoms with Gasteiger partial charge in [0.2, 0.25) is 0 Å². The molecule has 1 atom stereocenters. The Morgan fingerprint density at radius 2 is 2.00 bits per heavy atom. The van der Waals surface area contributed by atoms with E-state index in [-0.39, 0.29) is 6.10 Å². The predicted molar refractivity (Wildman–Crippen MR) is 58.9 cm³/mol. The number of rotatable bonds is 3. The maximum Gasteiger partial charge on any atom is 0.0546 e. The van der Waals surface area contributed by atoms with Gasteiger partial charge in [0.25, 0.3) is 0 Å². The summed E-state index contributed by atoms with van der Waals surface area (Å²) in [4.78, 5) is 0. The van der Waals surface area contributed by atoms with Gasteiger partial charge < -0.3 is 5.11 Å². The lowest BCUT2D eigenvalue weighted by Crippen LogP contribution is -2.02. The van der Waals surface area contributed by atoms with Crippen molar-refractivity contribution in [2.45, 2.75) is 32.3 Å². The van der Waals surface area contributed by atoms with Crippen molar-refractivity contribution in [3.63, 3.8) is 0 Å². The summed E-state index contributed by atoms with van der Waals surface area (Å²) < 4.78 is 0. The van der Waals surface area contributed by atoms with E-state index in [0.29, 0.717) is 0 Å². The topological polar surface area (TPSA) is 20.2 Å². The summed E-state index contributed by atoms with van der Waals surface area (Å²) in [6.07, 6.45) is 2.16. The van der Waals surface area contributed by atoms with Gasteiger partial charge in [-0.25, -0.2) is 0 Å². The van der Waals surface area contributed by atoms with Crippen LogP contribution in [0.25, 0.3) is 0 Å². The summed E-state index contributed by atoms with van der Waals surface area (Å²) in [6, 6.07) is 9.91. The minimum absolute atomic E-state index is 0.194. The fraction of sp³-hybridized carbons (Fsp3) is 0.385. The molecule has 1 heteroatoms. The molecule has 0 aliphatic carbocycles. The van der Waals surface area contributed by atoms with Gasteiger partial charge in [-0.2, -0.15) is 0 Å². The molecule has 0 fully saturated rings. The zero-order valence-corrected chi connectivity index (χ0v) is 8.53. The molecule has 14 heavy (non-hydrogen) atoms. The highest BCUT2D eigenvalue weighted by atomic mass is 16.3. The second-order valence-electron chi connectivity index (χ2n) is 3.27. The first-order valence-electron chi connectivity index (χ1n) is 5.05. The number of aliphatic hydroxyl groups excluding tert-OH is 1. The molecule has 1 aromatic carbocycles. The maximum atomic E-state index is 9.29. The second kappa shape index (κ2) is 6.23. The molecule has 0 saturated carbocycles. The Balaban J connectivity index is 2.34. The molecule has 0 radical (unpaired) electrons. The van der Waals surface area contributed by atoms with Crippen LogP contribution in [0.3, 0.4) is 0 Å². The van der Waals surface area contributed by atoms with Crippen molar-refractivity contribution in [1.29, 1.82) is 0 Å². The Hall–Kier alpha value is -1.26. The van der Waals surface area contributed by atoms with Crippen molar-refractivity contribution in [3.8, 4) is 11.8 Å². The van der Waals surface area contributed by atoms with E-state index in [1.807, 2.05) is 37.3 Å². The van der Waals surface area contributed by atoms with E-state index in [0.717, 1.165) is 24.8 Å². The highest BCUT2D eigenvalue weighted by Gasteiger charge is 1.96. The minimum atomic E-state index is -0.194. The van der Waals surface area contributed by atoms with Crippen LogP contribution in [-0.2, 0) is 0 Å². The SMILES string of the molecule is CCC(O)CCC#Cc1ccccc1. The van der Waals surface area contributed by atoms with E-state index in [9.17, 15) is 5.11 Å². The molecule has 0 amide bonds. The van der Waals surface area contributed by atoms with Crippen molar-refractivity contribution in [2.24, 2.45) is 0 Å². The lowest BCUT2D eigenvalue weighted by molar-refractivity contribution is 0.162. The van der Waals surface area contributed by atoms with E-state index < -0.39 is 0 Å². The molecule has 0 aromatic heterocycles. The Bertz CT molecular complexity index is 305. The summed E-state index contributed by atoms with van der Waals surface area (Å²) in [5, 5.41) is 9.29.